The van der Waals surface area contributed by atoms with E-state index < -0.39 is 11.9 Å². The number of esters is 1. The van der Waals surface area contributed by atoms with E-state index in [4.69, 9.17) is 14.2 Å². The number of allylic oxidation sites excluding steroid dienone is 3. The molecule has 0 fully saturated rings. The number of rotatable bonds is 3. The summed E-state index contributed by atoms with van der Waals surface area (Å²) in [5, 5.41) is 3.35. The number of ketones is 1. The van der Waals surface area contributed by atoms with Crippen LogP contribution >= 0.6 is 15.9 Å². The Balaban J connectivity index is 1.91. The molecule has 0 saturated heterocycles. The van der Waals surface area contributed by atoms with Crippen molar-refractivity contribution in [2.45, 2.75) is 59.5 Å². The number of carbonyl (C=O) groups is 2. The van der Waals surface area contributed by atoms with E-state index in [0.717, 1.165) is 22.2 Å². The second-order valence-corrected chi connectivity index (χ2v) is 9.97. The van der Waals surface area contributed by atoms with E-state index >= 15 is 0 Å². The van der Waals surface area contributed by atoms with Gasteiger partial charge in [0.2, 0.25) is 6.79 Å². The summed E-state index contributed by atoms with van der Waals surface area (Å²) in [4.78, 5) is 26.5. The van der Waals surface area contributed by atoms with E-state index in [2.05, 4.69) is 35.1 Å². The quantitative estimate of drug-likeness (QED) is 0.636. The van der Waals surface area contributed by atoms with Crippen LogP contribution in [0.25, 0.3) is 0 Å². The van der Waals surface area contributed by atoms with Gasteiger partial charge in [0.05, 0.1) is 11.7 Å². The van der Waals surface area contributed by atoms with Gasteiger partial charge in [0, 0.05) is 33.8 Å². The lowest BCUT2D eigenvalue weighted by Gasteiger charge is -2.39. The van der Waals surface area contributed by atoms with Crippen LogP contribution in [0.15, 0.2) is 39.1 Å². The van der Waals surface area contributed by atoms with Gasteiger partial charge in [-0.05, 0) is 50.3 Å². The van der Waals surface area contributed by atoms with Gasteiger partial charge in [0.1, 0.15) is 0 Å². The summed E-state index contributed by atoms with van der Waals surface area (Å²) in [5.41, 5.74) is 3.32. The lowest BCUT2D eigenvalue weighted by molar-refractivity contribution is -0.143. The Morgan fingerprint density at radius 1 is 1.23 bits per heavy atom. The van der Waals surface area contributed by atoms with Gasteiger partial charge in [-0.3, -0.25) is 4.79 Å². The Kier molecular flexibility index (Phi) is 5.21. The highest BCUT2D eigenvalue weighted by atomic mass is 79.9. The molecular weight excluding hydrogens is 450 g/mol. The van der Waals surface area contributed by atoms with Crippen molar-refractivity contribution in [3.05, 3.63) is 44.7 Å². The summed E-state index contributed by atoms with van der Waals surface area (Å²) in [5.74, 6) is 0.322. The molecule has 6 nitrogen and oxygen atoms in total. The summed E-state index contributed by atoms with van der Waals surface area (Å²) >= 11 is 3.63. The van der Waals surface area contributed by atoms with Crippen molar-refractivity contribution in [1.82, 2.24) is 5.32 Å². The molecule has 0 radical (unpaired) electrons. The van der Waals surface area contributed by atoms with Crippen molar-refractivity contribution < 1.29 is 23.8 Å². The third-order valence-electron chi connectivity index (χ3n) is 5.61. The van der Waals surface area contributed by atoms with Gasteiger partial charge in [0.15, 0.2) is 17.3 Å². The third kappa shape index (κ3) is 3.64. The van der Waals surface area contributed by atoms with Crippen LogP contribution in [0.4, 0.5) is 0 Å². The molecule has 0 bridgehead atoms. The highest BCUT2D eigenvalue weighted by molar-refractivity contribution is 9.10. The predicted octanol–water partition coefficient (Wildman–Crippen LogP) is 4.73. The second-order valence-electron chi connectivity index (χ2n) is 9.11. The minimum Gasteiger partial charge on any atom is -0.460 e. The van der Waals surface area contributed by atoms with E-state index in [1.165, 1.54) is 0 Å². The van der Waals surface area contributed by atoms with E-state index in [1.54, 1.807) is 0 Å². The maximum Gasteiger partial charge on any atom is 0.337 e. The minimum absolute atomic E-state index is 0.0469. The Bertz CT molecular complexity index is 1010. The predicted molar refractivity (Wildman–Crippen MR) is 115 cm³/mol. The Morgan fingerprint density at radius 3 is 2.57 bits per heavy atom. The first-order chi connectivity index (χ1) is 14.1. The van der Waals surface area contributed by atoms with Gasteiger partial charge in [0.25, 0.3) is 0 Å². The Morgan fingerprint density at radius 2 is 1.90 bits per heavy atom. The number of hydrogen-bond donors (Lipinski definition) is 1. The monoisotopic (exact) mass is 475 g/mol. The molecule has 4 rings (SSSR count). The Hall–Kier alpha value is -2.28. The molecule has 0 saturated carbocycles. The average Bonchev–Trinajstić information content (AvgIpc) is 3.04. The zero-order valence-corrected chi connectivity index (χ0v) is 19.4. The summed E-state index contributed by atoms with van der Waals surface area (Å²) in [7, 11) is 0. The molecule has 1 N–H and O–H groups in total. The normalized spacial score (nSPS) is 22.2. The lowest BCUT2D eigenvalue weighted by atomic mass is 9.68. The standard InChI is InChI=1S/C23H26BrNO5/c1-11(2)30-22(27)19-12(3)25-15-8-23(4,5)9-16(26)21(15)20(19)13-6-17-18(7-14(13)24)29-10-28-17/h6-7,11,20,25H,8-10H2,1-5H3. The maximum atomic E-state index is 13.3. The third-order valence-corrected chi connectivity index (χ3v) is 6.29. The second kappa shape index (κ2) is 7.45. The van der Waals surface area contributed by atoms with Gasteiger partial charge in [-0.25, -0.2) is 4.79 Å². The van der Waals surface area contributed by atoms with Crippen LogP contribution in [0.5, 0.6) is 11.5 Å². The van der Waals surface area contributed by atoms with Crippen molar-refractivity contribution in [3.8, 4) is 11.5 Å². The zero-order chi connectivity index (χ0) is 21.8. The number of halogens is 1. The van der Waals surface area contributed by atoms with Crippen LogP contribution in [0, 0.1) is 5.41 Å². The fraction of sp³-hybridized carbons (Fsp3) is 0.478. The Labute approximate surface area is 184 Å². The van der Waals surface area contributed by atoms with E-state index in [1.807, 2.05) is 32.9 Å². The first kappa shape index (κ1) is 21.0. The van der Waals surface area contributed by atoms with Crippen LogP contribution in [0.2, 0.25) is 0 Å². The summed E-state index contributed by atoms with van der Waals surface area (Å²) < 4.78 is 17.4. The van der Waals surface area contributed by atoms with Crippen LogP contribution in [-0.2, 0) is 14.3 Å². The largest absolute Gasteiger partial charge is 0.460 e. The summed E-state index contributed by atoms with van der Waals surface area (Å²) in [6.07, 6.45) is 0.893. The van der Waals surface area contributed by atoms with E-state index in [9.17, 15) is 9.59 Å². The fourth-order valence-corrected chi connectivity index (χ4v) is 5.00. The molecular formula is C23H26BrNO5. The number of nitrogens with one attached hydrogen (secondary N) is 1. The highest BCUT2D eigenvalue weighted by Gasteiger charge is 2.44. The molecule has 7 heteroatoms. The van der Waals surface area contributed by atoms with Crippen molar-refractivity contribution in [1.29, 1.82) is 0 Å². The number of ether oxygens (including phenoxy) is 3. The molecule has 1 aromatic rings. The molecule has 30 heavy (non-hydrogen) atoms. The fourth-order valence-electron chi connectivity index (χ4n) is 4.45. The van der Waals surface area contributed by atoms with E-state index in [-0.39, 0.29) is 24.1 Å². The van der Waals surface area contributed by atoms with Crippen LogP contribution < -0.4 is 14.8 Å². The molecule has 1 aliphatic carbocycles. The maximum absolute atomic E-state index is 13.3. The molecule has 0 aromatic heterocycles. The van der Waals surface area contributed by atoms with E-state index in [0.29, 0.717) is 34.8 Å². The molecule has 1 aromatic carbocycles. The molecule has 1 atom stereocenters. The van der Waals surface area contributed by atoms with Crippen LogP contribution in [-0.4, -0.2) is 24.6 Å². The molecule has 0 amide bonds. The number of fused-ring (bicyclic) bond motifs is 1. The number of dihydropyridines is 1. The molecule has 2 aliphatic heterocycles. The summed E-state index contributed by atoms with van der Waals surface area (Å²) in [6, 6.07) is 3.69. The lowest BCUT2D eigenvalue weighted by Crippen LogP contribution is -2.39. The molecule has 0 spiro atoms. The number of Topliss-reactive ketones (excluding diaryl/α,β-unsaturated/α-hetero) is 1. The van der Waals surface area contributed by atoms with Gasteiger partial charge in [-0.2, -0.15) is 0 Å². The van der Waals surface area contributed by atoms with Crippen LogP contribution in [0.3, 0.4) is 0 Å². The molecule has 1 unspecified atom stereocenters. The molecule has 3 aliphatic rings. The van der Waals surface area contributed by atoms with Crippen molar-refractivity contribution in [3.63, 3.8) is 0 Å². The van der Waals surface area contributed by atoms with Gasteiger partial charge < -0.3 is 19.5 Å². The van der Waals surface area contributed by atoms with Gasteiger partial charge >= 0.3 is 5.97 Å². The minimum atomic E-state index is -0.542. The highest BCUT2D eigenvalue weighted by Crippen LogP contribution is 2.50. The van der Waals surface area contributed by atoms with Gasteiger partial charge in [-0.1, -0.05) is 29.8 Å². The smallest absolute Gasteiger partial charge is 0.337 e. The number of benzene rings is 1. The van der Waals surface area contributed by atoms with Crippen LogP contribution in [0.1, 0.15) is 58.9 Å². The SMILES string of the molecule is CC1=C(C(=O)OC(C)C)C(c2cc3c(cc2Br)OCO3)C2=C(CC(C)(C)CC2=O)N1. The van der Waals surface area contributed by atoms with Gasteiger partial charge in [-0.15, -0.1) is 0 Å². The first-order valence-corrected chi connectivity index (χ1v) is 10.9. The number of hydrogen-bond acceptors (Lipinski definition) is 6. The summed E-state index contributed by atoms with van der Waals surface area (Å²) in [6.45, 7) is 9.81. The first-order valence-electron chi connectivity index (χ1n) is 10.1. The van der Waals surface area contributed by atoms with Crippen molar-refractivity contribution in [2.24, 2.45) is 5.41 Å². The molecule has 160 valence electrons. The zero-order valence-electron chi connectivity index (χ0n) is 17.8. The average molecular weight is 476 g/mol. The topological polar surface area (TPSA) is 73.9 Å². The van der Waals surface area contributed by atoms with Crippen molar-refractivity contribution in [2.75, 3.05) is 6.79 Å². The number of carbonyl (C=O) groups excluding carboxylic acids is 2. The van der Waals surface area contributed by atoms with Crippen molar-refractivity contribution >= 4 is 27.7 Å². The molecule has 2 heterocycles.